The van der Waals surface area contributed by atoms with Gasteiger partial charge in [-0.05, 0) is 37.3 Å². The molecule has 1 atom stereocenters. The maximum atomic E-state index is 9.76. The third-order valence-electron chi connectivity index (χ3n) is 3.43. The van der Waals surface area contributed by atoms with Crippen LogP contribution in [0.25, 0.3) is 0 Å². The lowest BCUT2D eigenvalue weighted by molar-refractivity contribution is 0.0358. The zero-order valence-corrected chi connectivity index (χ0v) is 12.6. The van der Waals surface area contributed by atoms with Crippen molar-refractivity contribution in [1.82, 2.24) is 5.32 Å². The molecule has 4 heteroatoms. The van der Waals surface area contributed by atoms with Gasteiger partial charge in [-0.15, -0.1) is 11.3 Å². The molecule has 1 unspecified atom stereocenters. The molecule has 2 rings (SSSR count). The van der Waals surface area contributed by atoms with Crippen molar-refractivity contribution >= 4 is 11.3 Å². The summed E-state index contributed by atoms with van der Waals surface area (Å²) in [5, 5.41) is 13.1. The summed E-state index contributed by atoms with van der Waals surface area (Å²) in [5.74, 6) is 0. The Labute approximate surface area is 120 Å². The second-order valence-corrected chi connectivity index (χ2v) is 6.45. The lowest BCUT2D eigenvalue weighted by atomic mass is 10.2. The van der Waals surface area contributed by atoms with Gasteiger partial charge in [-0.3, -0.25) is 0 Å². The van der Waals surface area contributed by atoms with Crippen LogP contribution in [0.2, 0.25) is 0 Å². The third kappa shape index (κ3) is 4.88. The lowest BCUT2D eigenvalue weighted by Gasteiger charge is -2.11. The molecule has 108 valence electrons. The first-order valence-corrected chi connectivity index (χ1v) is 8.18. The molecular weight excluding hydrogens is 258 g/mol. The van der Waals surface area contributed by atoms with E-state index in [4.69, 9.17) is 4.74 Å². The van der Waals surface area contributed by atoms with Gasteiger partial charge in [-0.2, -0.15) is 0 Å². The van der Waals surface area contributed by atoms with Gasteiger partial charge in [0.05, 0.1) is 12.7 Å². The highest BCUT2D eigenvalue weighted by atomic mass is 32.1. The quantitative estimate of drug-likeness (QED) is 0.684. The zero-order valence-electron chi connectivity index (χ0n) is 11.8. The van der Waals surface area contributed by atoms with Crippen molar-refractivity contribution in [3.8, 4) is 0 Å². The fraction of sp³-hybridized carbons (Fsp3) is 0.733. The summed E-state index contributed by atoms with van der Waals surface area (Å²) < 4.78 is 5.40. The fourth-order valence-electron chi connectivity index (χ4n) is 2.36. The summed E-state index contributed by atoms with van der Waals surface area (Å²) in [6.07, 6.45) is 5.64. The van der Waals surface area contributed by atoms with Crippen LogP contribution in [0.4, 0.5) is 0 Å². The van der Waals surface area contributed by atoms with Gasteiger partial charge in [0.2, 0.25) is 0 Å². The molecule has 0 spiro atoms. The molecule has 3 nitrogen and oxygen atoms in total. The first-order valence-electron chi connectivity index (χ1n) is 7.36. The van der Waals surface area contributed by atoms with Crippen molar-refractivity contribution in [2.75, 3.05) is 19.8 Å². The number of nitrogens with one attached hydrogen (secondary N) is 1. The van der Waals surface area contributed by atoms with E-state index in [1.54, 1.807) is 10.4 Å². The third-order valence-corrected chi connectivity index (χ3v) is 4.67. The predicted molar refractivity (Wildman–Crippen MR) is 79.8 cm³/mol. The molecule has 1 aromatic heterocycles. The minimum absolute atomic E-state index is 0.399. The summed E-state index contributed by atoms with van der Waals surface area (Å²) in [6, 6.07) is 2.32. The Morgan fingerprint density at radius 2 is 2.37 bits per heavy atom. The molecule has 1 aliphatic carbocycles. The molecule has 2 N–H and O–H groups in total. The van der Waals surface area contributed by atoms with E-state index >= 15 is 0 Å². The maximum Gasteiger partial charge on any atom is 0.0897 e. The summed E-state index contributed by atoms with van der Waals surface area (Å²) >= 11 is 1.92. The number of aryl methyl sites for hydroxylation is 2. The normalized spacial score (nSPS) is 15.7. The van der Waals surface area contributed by atoms with E-state index < -0.39 is 6.10 Å². The molecule has 0 saturated carbocycles. The molecule has 0 radical (unpaired) electrons. The second kappa shape index (κ2) is 8.00. The first-order chi connectivity index (χ1) is 9.29. The highest BCUT2D eigenvalue weighted by Crippen LogP contribution is 2.30. The number of aliphatic hydroxyl groups excluding tert-OH is 1. The number of thiophene rings is 1. The Morgan fingerprint density at radius 3 is 3.16 bits per heavy atom. The van der Waals surface area contributed by atoms with Crippen molar-refractivity contribution in [2.45, 2.75) is 51.7 Å². The maximum absolute atomic E-state index is 9.76. The van der Waals surface area contributed by atoms with E-state index in [0.29, 0.717) is 13.2 Å². The summed E-state index contributed by atoms with van der Waals surface area (Å²) in [6.45, 7) is 4.80. The summed E-state index contributed by atoms with van der Waals surface area (Å²) in [7, 11) is 0. The van der Waals surface area contributed by atoms with Gasteiger partial charge < -0.3 is 15.2 Å². The number of unbranched alkanes of at least 4 members (excludes halogenated alkanes) is 1. The molecule has 1 aliphatic rings. The van der Waals surface area contributed by atoms with Gasteiger partial charge in [-0.25, -0.2) is 0 Å². The van der Waals surface area contributed by atoms with E-state index in [0.717, 1.165) is 26.0 Å². The monoisotopic (exact) mass is 283 g/mol. The van der Waals surface area contributed by atoms with Gasteiger partial charge in [0.1, 0.15) is 0 Å². The molecule has 1 heterocycles. The Bertz CT molecular complexity index is 357. The minimum atomic E-state index is -0.399. The molecule has 0 saturated heterocycles. The fourth-order valence-corrected chi connectivity index (χ4v) is 3.59. The number of ether oxygens (including phenoxy) is 1. The Morgan fingerprint density at radius 1 is 1.47 bits per heavy atom. The van der Waals surface area contributed by atoms with Crippen LogP contribution >= 0.6 is 11.3 Å². The van der Waals surface area contributed by atoms with Gasteiger partial charge in [0.15, 0.2) is 0 Å². The van der Waals surface area contributed by atoms with Gasteiger partial charge >= 0.3 is 0 Å². The molecule has 0 aliphatic heterocycles. The molecule has 0 amide bonds. The van der Waals surface area contributed by atoms with Crippen LogP contribution in [0.5, 0.6) is 0 Å². The van der Waals surface area contributed by atoms with Crippen molar-refractivity contribution < 1.29 is 9.84 Å². The van der Waals surface area contributed by atoms with Crippen molar-refractivity contribution in [2.24, 2.45) is 0 Å². The number of hydrogen-bond donors (Lipinski definition) is 2. The Hall–Kier alpha value is -0.420. The van der Waals surface area contributed by atoms with E-state index in [2.05, 4.69) is 18.3 Å². The average Bonchev–Trinajstić information content (AvgIpc) is 2.95. The number of aliphatic hydroxyl groups is 1. The zero-order chi connectivity index (χ0) is 13.5. The second-order valence-electron chi connectivity index (χ2n) is 5.23. The first kappa shape index (κ1) is 15.0. The lowest BCUT2D eigenvalue weighted by Crippen LogP contribution is -2.30. The topological polar surface area (TPSA) is 41.5 Å². The van der Waals surface area contributed by atoms with Gasteiger partial charge in [-0.1, -0.05) is 13.3 Å². The van der Waals surface area contributed by atoms with E-state index in [-0.39, 0.29) is 0 Å². The molecule has 0 bridgehead atoms. The molecule has 0 aromatic carbocycles. The molecule has 19 heavy (non-hydrogen) atoms. The number of fused-ring (bicyclic) bond motifs is 1. The van der Waals surface area contributed by atoms with Crippen LogP contribution in [0.3, 0.4) is 0 Å². The van der Waals surface area contributed by atoms with Crippen LogP contribution in [-0.4, -0.2) is 31.0 Å². The Kier molecular flexibility index (Phi) is 6.31. The SMILES string of the molecule is CCCCOCC(O)CNCc1cc2c(s1)CCC2. The minimum Gasteiger partial charge on any atom is -0.389 e. The molecular formula is C15H25NO2S. The highest BCUT2D eigenvalue weighted by Gasteiger charge is 2.14. The largest absolute Gasteiger partial charge is 0.389 e. The van der Waals surface area contributed by atoms with Crippen LogP contribution < -0.4 is 5.32 Å². The van der Waals surface area contributed by atoms with Crippen molar-refractivity contribution in [3.05, 3.63) is 21.4 Å². The number of hydrogen-bond acceptors (Lipinski definition) is 4. The number of rotatable bonds is 9. The molecule has 1 aromatic rings. The predicted octanol–water partition coefficient (Wildman–Crippen LogP) is 2.50. The standard InChI is InChI=1S/C15H25NO2S/c1-2-3-7-18-11-13(17)9-16-10-14-8-12-5-4-6-15(12)19-14/h8,13,16-17H,2-7,9-11H2,1H3. The Balaban J connectivity index is 1.57. The van der Waals surface area contributed by atoms with Crippen LogP contribution in [-0.2, 0) is 24.1 Å². The van der Waals surface area contributed by atoms with Crippen LogP contribution in [0, 0.1) is 0 Å². The van der Waals surface area contributed by atoms with Crippen LogP contribution in [0.15, 0.2) is 6.07 Å². The van der Waals surface area contributed by atoms with Crippen molar-refractivity contribution in [3.63, 3.8) is 0 Å². The van der Waals surface area contributed by atoms with E-state index in [1.807, 2.05) is 11.3 Å². The van der Waals surface area contributed by atoms with Crippen LogP contribution in [0.1, 0.15) is 41.5 Å². The van der Waals surface area contributed by atoms with Crippen molar-refractivity contribution in [1.29, 1.82) is 0 Å². The summed E-state index contributed by atoms with van der Waals surface area (Å²) in [5.41, 5.74) is 1.55. The van der Waals surface area contributed by atoms with E-state index in [9.17, 15) is 5.11 Å². The average molecular weight is 283 g/mol. The molecule has 0 fully saturated rings. The summed E-state index contributed by atoms with van der Waals surface area (Å²) in [4.78, 5) is 2.96. The van der Waals surface area contributed by atoms with Gasteiger partial charge in [0.25, 0.3) is 0 Å². The highest BCUT2D eigenvalue weighted by molar-refractivity contribution is 7.12. The van der Waals surface area contributed by atoms with E-state index in [1.165, 1.54) is 24.1 Å². The van der Waals surface area contributed by atoms with Gasteiger partial charge in [0, 0.05) is 29.5 Å². The smallest absolute Gasteiger partial charge is 0.0897 e.